The number of hydrogen-bond donors (Lipinski definition) is 0. The minimum absolute atomic E-state index is 0.0618. The SMILES string of the molecule is CCC(=O)N(c1ccccc1)[C@H]1C[C@@H](C)N(C(=O)c2ccc(-c3ncccn3)cc2)c2ccccc21. The molecule has 2 heterocycles. The molecule has 0 fully saturated rings. The lowest BCUT2D eigenvalue weighted by atomic mass is 9.89. The second-order valence-electron chi connectivity index (χ2n) is 8.94. The third kappa shape index (κ3) is 4.38. The number of fused-ring (bicyclic) bond motifs is 1. The Balaban J connectivity index is 1.50. The van der Waals surface area contributed by atoms with Crippen LogP contribution in [0.5, 0.6) is 0 Å². The summed E-state index contributed by atoms with van der Waals surface area (Å²) in [6.45, 7) is 3.93. The first kappa shape index (κ1) is 23.4. The largest absolute Gasteiger partial charge is 0.305 e. The first-order valence-electron chi connectivity index (χ1n) is 12.3. The number of aromatic nitrogens is 2. The summed E-state index contributed by atoms with van der Waals surface area (Å²) in [4.78, 5) is 39.3. The van der Waals surface area contributed by atoms with Crippen LogP contribution < -0.4 is 9.80 Å². The quantitative estimate of drug-likeness (QED) is 0.351. The van der Waals surface area contributed by atoms with E-state index in [2.05, 4.69) is 9.97 Å². The maximum absolute atomic E-state index is 13.8. The van der Waals surface area contributed by atoms with E-state index in [9.17, 15) is 9.59 Å². The van der Waals surface area contributed by atoms with E-state index in [1.807, 2.05) is 103 Å². The Bertz CT molecular complexity index is 1360. The summed E-state index contributed by atoms with van der Waals surface area (Å²) in [5.41, 5.74) is 4.14. The van der Waals surface area contributed by atoms with Gasteiger partial charge in [0.05, 0.1) is 6.04 Å². The summed E-state index contributed by atoms with van der Waals surface area (Å²) in [6, 6.07) is 26.6. The molecule has 0 radical (unpaired) electrons. The van der Waals surface area contributed by atoms with Gasteiger partial charge >= 0.3 is 0 Å². The highest BCUT2D eigenvalue weighted by Crippen LogP contribution is 2.43. The van der Waals surface area contributed by atoms with E-state index in [4.69, 9.17) is 0 Å². The molecule has 2 amide bonds. The molecule has 0 saturated carbocycles. The summed E-state index contributed by atoms with van der Waals surface area (Å²) < 4.78 is 0. The number of rotatable bonds is 5. The van der Waals surface area contributed by atoms with Crippen LogP contribution in [0, 0.1) is 0 Å². The number of carbonyl (C=O) groups excluding carboxylic acids is 2. The van der Waals surface area contributed by atoms with Crippen LogP contribution in [0.4, 0.5) is 11.4 Å². The number of hydrogen-bond acceptors (Lipinski definition) is 4. The molecule has 3 aromatic carbocycles. The summed E-state index contributed by atoms with van der Waals surface area (Å²) >= 11 is 0. The van der Waals surface area contributed by atoms with Gasteiger partial charge < -0.3 is 9.80 Å². The van der Waals surface area contributed by atoms with Crippen LogP contribution in [0.3, 0.4) is 0 Å². The second-order valence-corrected chi connectivity index (χ2v) is 8.94. The average Bonchev–Trinajstić information content (AvgIpc) is 2.94. The molecular formula is C30H28N4O2. The van der Waals surface area contributed by atoms with Crippen molar-refractivity contribution in [3.05, 3.63) is 108 Å². The lowest BCUT2D eigenvalue weighted by Gasteiger charge is -2.43. The number of anilines is 2. The highest BCUT2D eigenvalue weighted by molar-refractivity contribution is 6.07. The monoisotopic (exact) mass is 476 g/mol. The molecule has 6 heteroatoms. The first-order chi connectivity index (χ1) is 17.6. The van der Waals surface area contributed by atoms with Gasteiger partial charge in [-0.2, -0.15) is 0 Å². The molecule has 1 aromatic heterocycles. The van der Waals surface area contributed by atoms with E-state index in [0.717, 1.165) is 22.5 Å². The average molecular weight is 477 g/mol. The molecule has 1 aliphatic heterocycles. The number of nitrogens with zero attached hydrogens (tertiary/aromatic N) is 4. The number of carbonyl (C=O) groups is 2. The van der Waals surface area contributed by atoms with Crippen LogP contribution >= 0.6 is 0 Å². The lowest BCUT2D eigenvalue weighted by Crippen LogP contribution is -2.47. The Labute approximate surface area is 211 Å². The van der Waals surface area contributed by atoms with Crippen molar-refractivity contribution in [2.24, 2.45) is 0 Å². The minimum Gasteiger partial charge on any atom is -0.305 e. The van der Waals surface area contributed by atoms with Gasteiger partial charge in [-0.05, 0) is 55.3 Å². The van der Waals surface area contributed by atoms with Crippen molar-refractivity contribution >= 4 is 23.2 Å². The van der Waals surface area contributed by atoms with E-state index in [-0.39, 0.29) is 23.9 Å². The number of amides is 2. The molecular weight excluding hydrogens is 448 g/mol. The summed E-state index contributed by atoms with van der Waals surface area (Å²) in [5.74, 6) is 0.617. The Morgan fingerprint density at radius 3 is 2.25 bits per heavy atom. The summed E-state index contributed by atoms with van der Waals surface area (Å²) in [6.07, 6.45) is 4.44. The zero-order valence-corrected chi connectivity index (χ0v) is 20.4. The van der Waals surface area contributed by atoms with Gasteiger partial charge in [-0.25, -0.2) is 9.97 Å². The van der Waals surface area contributed by atoms with Crippen molar-refractivity contribution in [2.45, 2.75) is 38.8 Å². The van der Waals surface area contributed by atoms with Gasteiger partial charge in [0, 0.05) is 47.4 Å². The maximum atomic E-state index is 13.8. The van der Waals surface area contributed by atoms with Gasteiger partial charge in [0.2, 0.25) is 5.91 Å². The van der Waals surface area contributed by atoms with E-state index in [1.165, 1.54) is 0 Å². The van der Waals surface area contributed by atoms with Crippen LogP contribution in [-0.4, -0.2) is 27.8 Å². The molecule has 180 valence electrons. The number of benzene rings is 3. The molecule has 6 nitrogen and oxygen atoms in total. The minimum atomic E-state index is -0.160. The summed E-state index contributed by atoms with van der Waals surface area (Å²) in [5, 5.41) is 0. The normalized spacial score (nSPS) is 16.8. The van der Waals surface area contributed by atoms with Crippen molar-refractivity contribution in [1.29, 1.82) is 0 Å². The molecule has 1 aliphatic rings. The molecule has 4 aromatic rings. The highest BCUT2D eigenvalue weighted by Gasteiger charge is 2.38. The Morgan fingerprint density at radius 2 is 1.56 bits per heavy atom. The van der Waals surface area contributed by atoms with Gasteiger partial charge in [0.1, 0.15) is 0 Å². The topological polar surface area (TPSA) is 66.4 Å². The molecule has 0 N–H and O–H groups in total. The van der Waals surface area contributed by atoms with Gasteiger partial charge in [0.25, 0.3) is 5.91 Å². The zero-order chi connectivity index (χ0) is 25.1. The fourth-order valence-electron chi connectivity index (χ4n) is 4.94. The summed E-state index contributed by atoms with van der Waals surface area (Å²) in [7, 11) is 0. The third-order valence-corrected chi connectivity index (χ3v) is 6.65. The van der Waals surface area contributed by atoms with E-state index >= 15 is 0 Å². The Morgan fingerprint density at radius 1 is 0.889 bits per heavy atom. The fraction of sp³-hybridized carbons (Fsp3) is 0.200. The molecule has 36 heavy (non-hydrogen) atoms. The highest BCUT2D eigenvalue weighted by atomic mass is 16.2. The van der Waals surface area contributed by atoms with Crippen LogP contribution in [0.15, 0.2) is 97.3 Å². The van der Waals surface area contributed by atoms with Gasteiger partial charge in [-0.3, -0.25) is 9.59 Å². The van der Waals surface area contributed by atoms with Gasteiger partial charge in [0.15, 0.2) is 5.82 Å². The van der Waals surface area contributed by atoms with Crippen molar-refractivity contribution in [3.8, 4) is 11.4 Å². The smallest absolute Gasteiger partial charge is 0.258 e. The van der Waals surface area contributed by atoms with Gasteiger partial charge in [-0.15, -0.1) is 0 Å². The van der Waals surface area contributed by atoms with E-state index in [1.54, 1.807) is 18.5 Å². The van der Waals surface area contributed by atoms with E-state index in [0.29, 0.717) is 24.2 Å². The van der Waals surface area contributed by atoms with Crippen LogP contribution in [0.1, 0.15) is 48.7 Å². The maximum Gasteiger partial charge on any atom is 0.258 e. The molecule has 0 saturated heterocycles. The standard InChI is InChI=1S/C30H28N4O2/c1-3-28(35)34(24-10-5-4-6-11-24)27-20-21(2)33(26-13-8-7-12-25(26)27)30(36)23-16-14-22(15-17-23)29-31-18-9-19-32-29/h4-19,21,27H,3,20H2,1-2H3/t21-,27+/m1/s1. The molecule has 0 spiro atoms. The molecule has 5 rings (SSSR count). The second kappa shape index (κ2) is 10.1. The molecule has 2 atom stereocenters. The van der Waals surface area contributed by atoms with Crippen molar-refractivity contribution in [3.63, 3.8) is 0 Å². The van der Waals surface area contributed by atoms with Crippen molar-refractivity contribution in [2.75, 3.05) is 9.80 Å². The molecule has 0 aliphatic carbocycles. The number of para-hydroxylation sites is 2. The van der Waals surface area contributed by atoms with Crippen molar-refractivity contribution in [1.82, 2.24) is 9.97 Å². The lowest BCUT2D eigenvalue weighted by molar-refractivity contribution is -0.118. The molecule has 0 bridgehead atoms. The predicted molar refractivity (Wildman–Crippen MR) is 142 cm³/mol. The zero-order valence-electron chi connectivity index (χ0n) is 20.4. The third-order valence-electron chi connectivity index (χ3n) is 6.65. The van der Waals surface area contributed by atoms with Crippen LogP contribution in [-0.2, 0) is 4.79 Å². The molecule has 0 unspecified atom stereocenters. The van der Waals surface area contributed by atoms with Crippen molar-refractivity contribution < 1.29 is 9.59 Å². The van der Waals surface area contributed by atoms with E-state index < -0.39 is 0 Å². The Kier molecular flexibility index (Phi) is 6.58. The van der Waals surface area contributed by atoms with Gasteiger partial charge in [-0.1, -0.05) is 55.5 Å². The first-order valence-corrected chi connectivity index (χ1v) is 12.3. The predicted octanol–water partition coefficient (Wildman–Crippen LogP) is 6.07. The van der Waals surface area contributed by atoms with Crippen LogP contribution in [0.25, 0.3) is 11.4 Å². The van der Waals surface area contributed by atoms with Crippen LogP contribution in [0.2, 0.25) is 0 Å². The fourth-order valence-corrected chi connectivity index (χ4v) is 4.94. The Hall–Kier alpha value is -4.32.